The average Bonchev–Trinajstić information content (AvgIpc) is 2.11. The maximum atomic E-state index is 8.74. The first-order valence-electron chi connectivity index (χ1n) is 6.21. The third-order valence-electron chi connectivity index (χ3n) is 1.79. The zero-order chi connectivity index (χ0) is 13.5. The third-order valence-corrected chi connectivity index (χ3v) is 5.14. The summed E-state index contributed by atoms with van der Waals surface area (Å²) in [5.74, 6) is 0. The molecule has 0 rings (SSSR count). The minimum atomic E-state index is -2.73. The van der Waals surface area contributed by atoms with Crippen molar-refractivity contribution in [1.82, 2.24) is 0 Å². The minimum Gasteiger partial charge on any atom is -0.371 e. The molecule has 0 unspecified atom stereocenters. The van der Waals surface area contributed by atoms with Crippen LogP contribution in [0.15, 0.2) is 0 Å². The molecule has 0 saturated heterocycles. The molecular weight excluding hydrogens is 234 g/mol. The van der Waals surface area contributed by atoms with Crippen molar-refractivity contribution in [2.45, 2.75) is 72.3 Å². The first-order chi connectivity index (χ1) is 7.81. The van der Waals surface area contributed by atoms with E-state index < -0.39 is 8.80 Å². The second kappa shape index (κ2) is 7.83. The van der Waals surface area contributed by atoms with E-state index in [1.165, 1.54) is 0 Å². The fraction of sp³-hybridized carbons (Fsp3) is 0.917. The van der Waals surface area contributed by atoms with Crippen molar-refractivity contribution in [3.8, 4) is 6.07 Å². The van der Waals surface area contributed by atoms with Crippen molar-refractivity contribution in [3.63, 3.8) is 0 Å². The van der Waals surface area contributed by atoms with Gasteiger partial charge in [-0.1, -0.05) is 0 Å². The normalized spacial score (nSPS) is 12.5. The van der Waals surface area contributed by atoms with Gasteiger partial charge in [-0.3, -0.25) is 0 Å². The average molecular weight is 259 g/mol. The smallest absolute Gasteiger partial charge is 0.371 e. The Labute approximate surface area is 106 Å². The Bertz CT molecular complexity index is 222. The van der Waals surface area contributed by atoms with E-state index in [1.807, 2.05) is 41.5 Å². The van der Waals surface area contributed by atoms with Gasteiger partial charge in [0, 0.05) is 30.8 Å². The highest BCUT2D eigenvalue weighted by atomic mass is 28.4. The lowest BCUT2D eigenvalue weighted by Crippen LogP contribution is -2.50. The summed E-state index contributed by atoms with van der Waals surface area (Å²) in [7, 11) is -2.73. The van der Waals surface area contributed by atoms with Crippen LogP contribution >= 0.6 is 0 Å². The SMILES string of the molecule is CC(C)O[Si](CCC#N)(OC(C)C)OC(C)C. The molecule has 5 heteroatoms. The van der Waals surface area contributed by atoms with Crippen molar-refractivity contribution in [3.05, 3.63) is 0 Å². The van der Waals surface area contributed by atoms with Gasteiger partial charge in [0.15, 0.2) is 0 Å². The van der Waals surface area contributed by atoms with Crippen LogP contribution in [0.5, 0.6) is 0 Å². The van der Waals surface area contributed by atoms with Gasteiger partial charge in [-0.25, -0.2) is 0 Å². The molecule has 0 atom stereocenters. The second-order valence-corrected chi connectivity index (χ2v) is 7.41. The van der Waals surface area contributed by atoms with E-state index >= 15 is 0 Å². The summed E-state index contributed by atoms with van der Waals surface area (Å²) in [5, 5.41) is 8.74. The zero-order valence-electron chi connectivity index (χ0n) is 11.8. The van der Waals surface area contributed by atoms with E-state index in [2.05, 4.69) is 6.07 Å². The highest BCUT2D eigenvalue weighted by Gasteiger charge is 2.43. The van der Waals surface area contributed by atoms with Gasteiger partial charge in [0.25, 0.3) is 0 Å². The van der Waals surface area contributed by atoms with Crippen LogP contribution in [0.3, 0.4) is 0 Å². The van der Waals surface area contributed by atoms with Crippen molar-refractivity contribution < 1.29 is 13.3 Å². The van der Waals surface area contributed by atoms with Gasteiger partial charge in [-0.15, -0.1) is 0 Å². The highest BCUT2D eigenvalue weighted by Crippen LogP contribution is 2.23. The van der Waals surface area contributed by atoms with Crippen molar-refractivity contribution in [2.24, 2.45) is 0 Å². The van der Waals surface area contributed by atoms with Crippen molar-refractivity contribution >= 4 is 8.80 Å². The van der Waals surface area contributed by atoms with Crippen LogP contribution in [-0.4, -0.2) is 27.1 Å². The minimum absolute atomic E-state index is 0.0397. The molecule has 0 heterocycles. The molecule has 0 aliphatic carbocycles. The quantitative estimate of drug-likeness (QED) is 0.628. The van der Waals surface area contributed by atoms with Gasteiger partial charge in [0.1, 0.15) is 0 Å². The van der Waals surface area contributed by atoms with Gasteiger partial charge in [-0.2, -0.15) is 5.26 Å². The first kappa shape index (κ1) is 16.6. The lowest BCUT2D eigenvalue weighted by molar-refractivity contribution is 0.00351. The lowest BCUT2D eigenvalue weighted by atomic mass is 10.5. The number of nitriles is 1. The number of hydrogen-bond acceptors (Lipinski definition) is 4. The summed E-state index contributed by atoms with van der Waals surface area (Å²) >= 11 is 0. The number of hydrogen-bond donors (Lipinski definition) is 0. The van der Waals surface area contributed by atoms with E-state index in [4.69, 9.17) is 18.5 Å². The predicted molar refractivity (Wildman–Crippen MR) is 69.5 cm³/mol. The monoisotopic (exact) mass is 259 g/mol. The predicted octanol–water partition coefficient (Wildman–Crippen LogP) is 3.11. The summed E-state index contributed by atoms with van der Waals surface area (Å²) in [5.41, 5.74) is 0. The summed E-state index contributed by atoms with van der Waals surface area (Å²) < 4.78 is 17.7. The number of nitrogens with zero attached hydrogens (tertiary/aromatic N) is 1. The largest absolute Gasteiger partial charge is 0.502 e. The Morgan fingerprint density at radius 3 is 1.47 bits per heavy atom. The Morgan fingerprint density at radius 2 is 1.24 bits per heavy atom. The molecule has 100 valence electrons. The Balaban J connectivity index is 4.84. The lowest BCUT2D eigenvalue weighted by Gasteiger charge is -2.34. The van der Waals surface area contributed by atoms with E-state index in [0.717, 1.165) is 0 Å². The van der Waals surface area contributed by atoms with Crippen LogP contribution in [0.25, 0.3) is 0 Å². The molecule has 0 aliphatic heterocycles. The molecule has 0 aromatic rings. The van der Waals surface area contributed by atoms with Gasteiger partial charge < -0.3 is 13.3 Å². The van der Waals surface area contributed by atoms with Crippen LogP contribution < -0.4 is 0 Å². The molecule has 0 spiro atoms. The van der Waals surface area contributed by atoms with Gasteiger partial charge in [-0.05, 0) is 41.5 Å². The Morgan fingerprint density at radius 1 is 0.882 bits per heavy atom. The van der Waals surface area contributed by atoms with Gasteiger partial charge in [0.2, 0.25) is 0 Å². The standard InChI is InChI=1S/C12H25NO3Si/c1-10(2)14-17(9-7-8-13,15-11(3)4)16-12(5)6/h10-12H,7,9H2,1-6H3. The van der Waals surface area contributed by atoms with E-state index in [1.54, 1.807) is 0 Å². The van der Waals surface area contributed by atoms with Gasteiger partial charge >= 0.3 is 8.80 Å². The molecule has 0 bridgehead atoms. The molecule has 0 aromatic heterocycles. The maximum Gasteiger partial charge on any atom is 0.502 e. The van der Waals surface area contributed by atoms with E-state index in [0.29, 0.717) is 12.5 Å². The number of rotatable bonds is 8. The second-order valence-electron chi connectivity index (χ2n) is 4.84. The Kier molecular flexibility index (Phi) is 7.64. The third kappa shape index (κ3) is 7.50. The topological polar surface area (TPSA) is 51.5 Å². The molecule has 0 amide bonds. The summed E-state index contributed by atoms with van der Waals surface area (Å²) in [6.07, 6.45) is 0.520. The molecular formula is C12H25NO3Si. The summed E-state index contributed by atoms with van der Waals surface area (Å²) in [6, 6.07) is 2.69. The Hall–Kier alpha value is -0.413. The van der Waals surface area contributed by atoms with Crippen LogP contribution in [0.2, 0.25) is 6.04 Å². The molecule has 17 heavy (non-hydrogen) atoms. The highest BCUT2D eigenvalue weighted by molar-refractivity contribution is 6.60. The van der Waals surface area contributed by atoms with E-state index in [9.17, 15) is 0 Å². The molecule has 0 N–H and O–H groups in total. The maximum absolute atomic E-state index is 8.74. The fourth-order valence-corrected chi connectivity index (χ4v) is 4.64. The van der Waals surface area contributed by atoms with Crippen molar-refractivity contribution in [1.29, 1.82) is 5.26 Å². The molecule has 0 aromatic carbocycles. The van der Waals surface area contributed by atoms with E-state index in [-0.39, 0.29) is 18.3 Å². The summed E-state index contributed by atoms with van der Waals surface area (Å²) in [6.45, 7) is 11.8. The molecule has 4 nitrogen and oxygen atoms in total. The molecule has 0 fully saturated rings. The van der Waals surface area contributed by atoms with Crippen LogP contribution in [0.1, 0.15) is 48.0 Å². The molecule has 0 radical (unpaired) electrons. The van der Waals surface area contributed by atoms with Crippen LogP contribution in [0.4, 0.5) is 0 Å². The van der Waals surface area contributed by atoms with Crippen molar-refractivity contribution in [2.75, 3.05) is 0 Å². The molecule has 0 saturated carbocycles. The van der Waals surface area contributed by atoms with Gasteiger partial charge in [0.05, 0.1) is 6.07 Å². The van der Waals surface area contributed by atoms with Crippen LogP contribution in [0, 0.1) is 11.3 Å². The van der Waals surface area contributed by atoms with Crippen LogP contribution in [-0.2, 0) is 13.3 Å². The fourth-order valence-electron chi connectivity index (χ4n) is 1.55. The summed E-state index contributed by atoms with van der Waals surface area (Å²) in [4.78, 5) is 0. The molecule has 0 aliphatic rings. The first-order valence-corrected chi connectivity index (χ1v) is 8.15. The zero-order valence-corrected chi connectivity index (χ0v) is 12.8.